The first kappa shape index (κ1) is 29.1. The highest BCUT2D eigenvalue weighted by Crippen LogP contribution is 2.46. The van der Waals surface area contributed by atoms with E-state index in [-0.39, 0.29) is 31.3 Å². The second-order valence-electron chi connectivity index (χ2n) is 9.65. The molecule has 1 atom stereocenters. The second-order valence-corrected chi connectivity index (χ2v) is 12.7. The molecule has 0 saturated carbocycles. The van der Waals surface area contributed by atoms with E-state index in [1.165, 1.54) is 6.26 Å². The number of halogens is 2. The molecule has 0 radical (unpaired) electrons. The number of hydrogen-bond acceptors (Lipinski definition) is 6. The topological polar surface area (TPSA) is 99.1 Å². The average Bonchev–Trinajstić information content (AvgIpc) is 3.26. The molecule has 208 valence electrons. The maximum atomic E-state index is 11.7. The van der Waals surface area contributed by atoms with Gasteiger partial charge in [0.15, 0.2) is 0 Å². The van der Waals surface area contributed by atoms with Gasteiger partial charge in [0.05, 0.1) is 30.4 Å². The molecule has 39 heavy (non-hydrogen) atoms. The average molecular weight is 594 g/mol. The Morgan fingerprint density at radius 3 is 2.54 bits per heavy atom. The van der Waals surface area contributed by atoms with Crippen LogP contribution in [0.5, 0.6) is 17.2 Å². The van der Waals surface area contributed by atoms with Crippen LogP contribution in [0.4, 0.5) is 0 Å². The Bertz CT molecular complexity index is 1500. The monoisotopic (exact) mass is 592 g/mol. The van der Waals surface area contributed by atoms with E-state index >= 15 is 0 Å². The summed E-state index contributed by atoms with van der Waals surface area (Å²) in [7, 11) is -3.14. The zero-order valence-corrected chi connectivity index (χ0v) is 24.3. The number of benzene rings is 3. The fourth-order valence-corrected chi connectivity index (χ4v) is 5.82. The maximum Gasteiger partial charge on any atom is 0.304 e. The molecule has 1 heterocycles. The SMILES string of the molecule is Cc1c(C)c(COc2ccc3c(c2)OC[C@H]3CC(=O)O)c(OCCCS(C)(=O)=O)c(-c2ccccc2Cl)c1Cl. The van der Waals surface area contributed by atoms with Crippen molar-refractivity contribution >= 4 is 39.0 Å². The van der Waals surface area contributed by atoms with Crippen LogP contribution in [0.1, 0.15) is 41.0 Å². The van der Waals surface area contributed by atoms with Crippen LogP contribution >= 0.6 is 23.2 Å². The van der Waals surface area contributed by atoms with Crippen molar-refractivity contribution < 1.29 is 32.5 Å². The summed E-state index contributed by atoms with van der Waals surface area (Å²) < 4.78 is 41.4. The maximum absolute atomic E-state index is 11.7. The lowest BCUT2D eigenvalue weighted by Gasteiger charge is -2.23. The van der Waals surface area contributed by atoms with E-state index in [1.54, 1.807) is 18.2 Å². The lowest BCUT2D eigenvalue weighted by atomic mass is 9.94. The molecule has 0 unspecified atom stereocenters. The molecule has 0 aliphatic carbocycles. The first-order chi connectivity index (χ1) is 18.5. The van der Waals surface area contributed by atoms with Crippen LogP contribution in [0.25, 0.3) is 11.1 Å². The molecule has 1 N–H and O–H groups in total. The van der Waals surface area contributed by atoms with E-state index in [4.69, 9.17) is 42.5 Å². The number of hydrogen-bond donors (Lipinski definition) is 1. The van der Waals surface area contributed by atoms with Crippen LogP contribution in [-0.2, 0) is 21.2 Å². The molecule has 0 aromatic heterocycles. The van der Waals surface area contributed by atoms with Gasteiger partial charge in [-0.05, 0) is 43.5 Å². The highest BCUT2D eigenvalue weighted by molar-refractivity contribution is 7.90. The molecule has 3 aromatic carbocycles. The Morgan fingerprint density at radius 1 is 1.10 bits per heavy atom. The van der Waals surface area contributed by atoms with Crippen LogP contribution in [0.2, 0.25) is 10.0 Å². The van der Waals surface area contributed by atoms with E-state index in [9.17, 15) is 13.2 Å². The van der Waals surface area contributed by atoms with Crippen LogP contribution in [-0.4, -0.2) is 44.7 Å². The summed E-state index contributed by atoms with van der Waals surface area (Å²) in [6.07, 6.45) is 1.51. The third-order valence-corrected chi connectivity index (χ3v) is 8.62. The molecule has 0 amide bonds. The normalized spacial score (nSPS) is 14.5. The van der Waals surface area contributed by atoms with Crippen molar-refractivity contribution in [3.8, 4) is 28.4 Å². The molecule has 0 bridgehead atoms. The van der Waals surface area contributed by atoms with E-state index < -0.39 is 15.8 Å². The fourth-order valence-electron chi connectivity index (χ4n) is 4.61. The third-order valence-electron chi connectivity index (χ3n) is 6.78. The van der Waals surface area contributed by atoms with E-state index in [2.05, 4.69) is 0 Å². The van der Waals surface area contributed by atoms with Gasteiger partial charge < -0.3 is 19.3 Å². The highest BCUT2D eigenvalue weighted by Gasteiger charge is 2.27. The standard InChI is InChI=1S/C29H30Cl2O7S/c1-17-18(2)28(31)27(22-7-4-5-8-24(22)30)29(36-11-6-12-39(3,34)35)23(17)16-37-20-9-10-21-19(13-26(32)33)15-38-25(21)14-20/h4-5,7-10,14,19H,6,11-13,15-16H2,1-3H3,(H,32,33)/t19-/m1/s1. The minimum Gasteiger partial charge on any atom is -0.492 e. The van der Waals surface area contributed by atoms with Gasteiger partial charge in [-0.15, -0.1) is 0 Å². The molecule has 3 aromatic rings. The predicted octanol–water partition coefficient (Wildman–Crippen LogP) is 6.62. The van der Waals surface area contributed by atoms with Crippen molar-refractivity contribution in [3.63, 3.8) is 0 Å². The Balaban J connectivity index is 1.69. The Morgan fingerprint density at radius 2 is 1.85 bits per heavy atom. The van der Waals surface area contributed by atoms with Crippen molar-refractivity contribution in [1.82, 2.24) is 0 Å². The lowest BCUT2D eigenvalue weighted by Crippen LogP contribution is -2.11. The summed E-state index contributed by atoms with van der Waals surface area (Å²) in [5.74, 6) is 0.581. The van der Waals surface area contributed by atoms with Gasteiger partial charge in [-0.3, -0.25) is 4.79 Å². The smallest absolute Gasteiger partial charge is 0.304 e. The summed E-state index contributed by atoms with van der Waals surface area (Å²) in [6.45, 7) is 4.46. The molecule has 0 saturated heterocycles. The summed E-state index contributed by atoms with van der Waals surface area (Å²) in [5, 5.41) is 10.2. The van der Waals surface area contributed by atoms with Crippen molar-refractivity contribution in [3.05, 3.63) is 74.8 Å². The highest BCUT2D eigenvalue weighted by atomic mass is 35.5. The third kappa shape index (κ3) is 6.80. The summed E-state index contributed by atoms with van der Waals surface area (Å²) in [4.78, 5) is 11.2. The molecular formula is C29H30Cl2O7S. The number of ether oxygens (including phenoxy) is 3. The Kier molecular flexibility index (Phi) is 8.99. The molecule has 4 rings (SSSR count). The Hall–Kier alpha value is -2.94. The van der Waals surface area contributed by atoms with E-state index in [0.717, 1.165) is 22.3 Å². The van der Waals surface area contributed by atoms with E-state index in [0.29, 0.717) is 51.4 Å². The van der Waals surface area contributed by atoms with Gasteiger partial charge in [0.2, 0.25) is 0 Å². The largest absolute Gasteiger partial charge is 0.492 e. The molecule has 7 nitrogen and oxygen atoms in total. The minimum absolute atomic E-state index is 0.00129. The molecule has 10 heteroatoms. The van der Waals surface area contributed by atoms with Gasteiger partial charge in [0.25, 0.3) is 0 Å². The first-order valence-corrected chi connectivity index (χ1v) is 15.3. The van der Waals surface area contributed by atoms with Gasteiger partial charge in [-0.25, -0.2) is 8.42 Å². The molecule has 0 fully saturated rings. The number of rotatable bonds is 11. The minimum atomic E-state index is -3.14. The van der Waals surface area contributed by atoms with Gasteiger partial charge in [0, 0.05) is 45.5 Å². The number of carbonyl (C=O) groups is 1. The van der Waals surface area contributed by atoms with E-state index in [1.807, 2.05) is 38.1 Å². The van der Waals surface area contributed by atoms with Crippen LogP contribution < -0.4 is 14.2 Å². The fraction of sp³-hybridized carbons (Fsp3) is 0.345. The van der Waals surface area contributed by atoms with Crippen molar-refractivity contribution in [1.29, 1.82) is 0 Å². The molecule has 0 spiro atoms. The van der Waals surface area contributed by atoms with Crippen LogP contribution in [0.15, 0.2) is 42.5 Å². The van der Waals surface area contributed by atoms with Gasteiger partial charge in [-0.1, -0.05) is 47.5 Å². The first-order valence-electron chi connectivity index (χ1n) is 12.4. The van der Waals surface area contributed by atoms with Crippen LogP contribution in [0.3, 0.4) is 0 Å². The number of sulfone groups is 1. The molecule has 1 aliphatic heterocycles. The summed E-state index contributed by atoms with van der Waals surface area (Å²) >= 11 is 13.4. The van der Waals surface area contributed by atoms with Gasteiger partial charge in [-0.2, -0.15) is 0 Å². The summed E-state index contributed by atoms with van der Waals surface area (Å²) in [6, 6.07) is 12.7. The number of fused-ring (bicyclic) bond motifs is 1. The zero-order chi connectivity index (χ0) is 28.3. The van der Waals surface area contributed by atoms with Gasteiger partial charge >= 0.3 is 5.97 Å². The van der Waals surface area contributed by atoms with Gasteiger partial charge in [0.1, 0.15) is 33.7 Å². The predicted molar refractivity (Wildman–Crippen MR) is 152 cm³/mol. The number of carboxylic acids is 1. The number of carboxylic acid groups (broad SMARTS) is 1. The van der Waals surface area contributed by atoms with Crippen molar-refractivity contribution in [2.45, 2.75) is 39.2 Å². The lowest BCUT2D eigenvalue weighted by molar-refractivity contribution is -0.137. The molecule has 1 aliphatic rings. The van der Waals surface area contributed by atoms with Crippen molar-refractivity contribution in [2.75, 3.05) is 25.2 Å². The zero-order valence-electron chi connectivity index (χ0n) is 21.9. The number of aliphatic carboxylic acids is 1. The summed E-state index contributed by atoms with van der Waals surface area (Å²) in [5.41, 5.74) is 4.66. The second kappa shape index (κ2) is 12.1. The van der Waals surface area contributed by atoms with Crippen molar-refractivity contribution in [2.24, 2.45) is 0 Å². The quantitative estimate of drug-likeness (QED) is 0.250. The van der Waals surface area contributed by atoms with Crippen LogP contribution in [0, 0.1) is 13.8 Å². The molecular weight excluding hydrogens is 563 g/mol. The Labute approximate surface area is 238 Å².